The Morgan fingerprint density at radius 2 is 1.83 bits per heavy atom. The van der Waals surface area contributed by atoms with E-state index in [0.29, 0.717) is 26.2 Å². The van der Waals surface area contributed by atoms with E-state index in [4.69, 9.17) is 9.47 Å². The van der Waals surface area contributed by atoms with Gasteiger partial charge in [0.05, 0.1) is 13.2 Å². The van der Waals surface area contributed by atoms with Gasteiger partial charge in [0.25, 0.3) is 0 Å². The smallest absolute Gasteiger partial charge is 0.407 e. The minimum absolute atomic E-state index is 0. The molecule has 3 N–H and O–H groups in total. The molecule has 0 spiro atoms. The summed E-state index contributed by atoms with van der Waals surface area (Å²) >= 11 is 0. The molecule has 1 amide bonds. The maximum atomic E-state index is 11.5. The van der Waals surface area contributed by atoms with Crippen LogP contribution in [0.1, 0.15) is 40.5 Å². The third kappa shape index (κ3) is 13.6. The molecule has 1 saturated carbocycles. The normalized spacial score (nSPS) is 14.6. The molecule has 0 heterocycles. The lowest BCUT2D eigenvalue weighted by Gasteiger charge is -2.19. The highest BCUT2D eigenvalue weighted by Crippen LogP contribution is 2.28. The van der Waals surface area contributed by atoms with Gasteiger partial charge >= 0.3 is 6.09 Å². The first-order chi connectivity index (χ1) is 10.9. The van der Waals surface area contributed by atoms with Crippen LogP contribution in [0.15, 0.2) is 4.99 Å². The minimum Gasteiger partial charge on any atom is -0.444 e. The summed E-state index contributed by atoms with van der Waals surface area (Å²) in [5.41, 5.74) is -0.478. The fraction of sp³-hybridized carbons (Fsp3) is 0.875. The number of halogens is 1. The Bertz CT molecular complexity index is 382. The molecule has 0 aromatic heterocycles. The topological polar surface area (TPSA) is 84.0 Å². The first-order valence-electron chi connectivity index (χ1n) is 8.47. The van der Waals surface area contributed by atoms with Crippen LogP contribution in [0.5, 0.6) is 0 Å². The van der Waals surface area contributed by atoms with Gasteiger partial charge in [-0.3, -0.25) is 4.99 Å². The van der Waals surface area contributed by atoms with E-state index in [2.05, 4.69) is 20.9 Å². The van der Waals surface area contributed by atoms with Crippen molar-refractivity contribution in [2.45, 2.75) is 46.1 Å². The van der Waals surface area contributed by atoms with E-state index < -0.39 is 11.7 Å². The van der Waals surface area contributed by atoms with Gasteiger partial charge < -0.3 is 25.4 Å². The number of guanidine groups is 1. The SMILES string of the molecule is CCNC(=NCCOCC1CC1)NCCNC(=O)OC(C)(C)C.I. The predicted octanol–water partition coefficient (Wildman–Crippen LogP) is 2.11. The molecule has 0 atom stereocenters. The van der Waals surface area contributed by atoms with Crippen molar-refractivity contribution in [3.05, 3.63) is 0 Å². The molecule has 0 aromatic carbocycles. The molecule has 7 nitrogen and oxygen atoms in total. The Labute approximate surface area is 162 Å². The van der Waals surface area contributed by atoms with Crippen LogP contribution in [0.3, 0.4) is 0 Å². The van der Waals surface area contributed by atoms with Crippen molar-refractivity contribution in [1.82, 2.24) is 16.0 Å². The van der Waals surface area contributed by atoms with Gasteiger partial charge in [-0.1, -0.05) is 0 Å². The average Bonchev–Trinajstić information content (AvgIpc) is 3.25. The molecule has 0 saturated heterocycles. The number of hydrogen-bond acceptors (Lipinski definition) is 4. The number of nitrogens with zero attached hydrogens (tertiary/aromatic N) is 1. The van der Waals surface area contributed by atoms with Gasteiger partial charge in [0.15, 0.2) is 5.96 Å². The Hall–Kier alpha value is -0.770. The number of carbonyl (C=O) groups excluding carboxylic acids is 1. The van der Waals surface area contributed by atoms with Crippen LogP contribution in [-0.2, 0) is 9.47 Å². The zero-order chi connectivity index (χ0) is 17.1. The molecule has 8 heteroatoms. The fourth-order valence-electron chi connectivity index (χ4n) is 1.76. The summed E-state index contributed by atoms with van der Waals surface area (Å²) in [5, 5.41) is 9.03. The Morgan fingerprint density at radius 3 is 2.42 bits per heavy atom. The molecular weight excluding hydrogens is 423 g/mol. The van der Waals surface area contributed by atoms with Crippen LogP contribution in [-0.4, -0.2) is 57.0 Å². The summed E-state index contributed by atoms with van der Waals surface area (Å²) in [4.78, 5) is 15.9. The van der Waals surface area contributed by atoms with Gasteiger partial charge in [-0.2, -0.15) is 0 Å². The number of alkyl carbamates (subject to hydrolysis) is 1. The number of carbonyl (C=O) groups is 1. The summed E-state index contributed by atoms with van der Waals surface area (Å²) < 4.78 is 10.7. The lowest BCUT2D eigenvalue weighted by molar-refractivity contribution is 0.0529. The summed E-state index contributed by atoms with van der Waals surface area (Å²) in [7, 11) is 0. The molecule has 1 rings (SSSR count). The molecule has 0 aromatic rings. The number of ether oxygens (including phenoxy) is 2. The Kier molecular flexibility index (Phi) is 12.2. The van der Waals surface area contributed by atoms with Gasteiger partial charge in [-0.15, -0.1) is 24.0 Å². The maximum Gasteiger partial charge on any atom is 0.407 e. The quantitative estimate of drug-likeness (QED) is 0.214. The minimum atomic E-state index is -0.478. The van der Waals surface area contributed by atoms with Crippen LogP contribution in [0.2, 0.25) is 0 Å². The molecule has 1 aliphatic rings. The van der Waals surface area contributed by atoms with E-state index in [9.17, 15) is 4.79 Å². The van der Waals surface area contributed by atoms with Crippen LogP contribution < -0.4 is 16.0 Å². The van der Waals surface area contributed by atoms with E-state index in [1.54, 1.807) is 0 Å². The third-order valence-corrected chi connectivity index (χ3v) is 2.99. The Balaban J connectivity index is 0.00000529. The van der Waals surface area contributed by atoms with Gasteiger partial charge in [-0.05, 0) is 46.5 Å². The zero-order valence-electron chi connectivity index (χ0n) is 15.3. The van der Waals surface area contributed by atoms with E-state index in [-0.39, 0.29) is 24.0 Å². The average molecular weight is 456 g/mol. The largest absolute Gasteiger partial charge is 0.444 e. The van der Waals surface area contributed by atoms with Gasteiger partial charge in [0.2, 0.25) is 0 Å². The number of hydrogen-bond donors (Lipinski definition) is 3. The molecule has 142 valence electrons. The first-order valence-corrected chi connectivity index (χ1v) is 8.47. The van der Waals surface area contributed by atoms with Crippen molar-refractivity contribution in [1.29, 1.82) is 0 Å². The van der Waals surface area contributed by atoms with E-state index in [1.807, 2.05) is 27.7 Å². The molecule has 0 radical (unpaired) electrons. The van der Waals surface area contributed by atoms with Crippen molar-refractivity contribution in [3.8, 4) is 0 Å². The second kappa shape index (κ2) is 12.6. The van der Waals surface area contributed by atoms with Gasteiger partial charge in [0, 0.05) is 26.2 Å². The number of nitrogens with one attached hydrogen (secondary N) is 3. The highest BCUT2D eigenvalue weighted by atomic mass is 127. The van der Waals surface area contributed by atoms with E-state index in [0.717, 1.165) is 25.0 Å². The van der Waals surface area contributed by atoms with Crippen molar-refractivity contribution >= 4 is 36.0 Å². The lowest BCUT2D eigenvalue weighted by Crippen LogP contribution is -2.42. The van der Waals surface area contributed by atoms with Crippen LogP contribution >= 0.6 is 24.0 Å². The molecule has 1 fully saturated rings. The molecule has 0 bridgehead atoms. The van der Waals surface area contributed by atoms with Gasteiger partial charge in [0.1, 0.15) is 5.60 Å². The predicted molar refractivity (Wildman–Crippen MR) is 107 cm³/mol. The molecule has 0 unspecified atom stereocenters. The molecule has 1 aliphatic carbocycles. The molecule has 0 aliphatic heterocycles. The summed E-state index contributed by atoms with van der Waals surface area (Å²) in [5.74, 6) is 1.51. The number of rotatable bonds is 9. The monoisotopic (exact) mass is 456 g/mol. The van der Waals surface area contributed by atoms with Crippen molar-refractivity contribution in [3.63, 3.8) is 0 Å². The number of aliphatic imine (C=N–C) groups is 1. The highest BCUT2D eigenvalue weighted by molar-refractivity contribution is 14.0. The van der Waals surface area contributed by atoms with E-state index in [1.165, 1.54) is 12.8 Å². The van der Waals surface area contributed by atoms with Crippen LogP contribution in [0.4, 0.5) is 4.79 Å². The first kappa shape index (κ1) is 23.2. The van der Waals surface area contributed by atoms with Crippen LogP contribution in [0.25, 0.3) is 0 Å². The van der Waals surface area contributed by atoms with Gasteiger partial charge in [-0.25, -0.2) is 4.79 Å². The number of amides is 1. The summed E-state index contributed by atoms with van der Waals surface area (Å²) in [6.07, 6.45) is 2.20. The zero-order valence-corrected chi connectivity index (χ0v) is 17.6. The van der Waals surface area contributed by atoms with Crippen molar-refractivity contribution < 1.29 is 14.3 Å². The fourth-order valence-corrected chi connectivity index (χ4v) is 1.76. The van der Waals surface area contributed by atoms with E-state index >= 15 is 0 Å². The molecule has 24 heavy (non-hydrogen) atoms. The second-order valence-corrected chi connectivity index (χ2v) is 6.63. The maximum absolute atomic E-state index is 11.5. The highest BCUT2D eigenvalue weighted by Gasteiger charge is 2.20. The lowest BCUT2D eigenvalue weighted by atomic mass is 10.2. The third-order valence-electron chi connectivity index (χ3n) is 2.99. The second-order valence-electron chi connectivity index (χ2n) is 6.63. The van der Waals surface area contributed by atoms with Crippen molar-refractivity contribution in [2.24, 2.45) is 10.9 Å². The van der Waals surface area contributed by atoms with Crippen LogP contribution in [0, 0.1) is 5.92 Å². The Morgan fingerprint density at radius 1 is 1.17 bits per heavy atom. The van der Waals surface area contributed by atoms with Crippen molar-refractivity contribution in [2.75, 3.05) is 39.4 Å². The summed E-state index contributed by atoms with van der Waals surface area (Å²) in [6, 6.07) is 0. The summed E-state index contributed by atoms with van der Waals surface area (Å²) in [6.45, 7) is 11.5. The molecular formula is C16H33IN4O3. The standard InChI is InChI=1S/C16H32N4O3.HI/c1-5-17-14(19-10-11-22-12-13-6-7-13)18-8-9-20-15(21)23-16(2,3)4;/h13H,5-12H2,1-4H3,(H,20,21)(H2,17,18,19);1H.